The molecule has 0 saturated heterocycles. The molecule has 0 radical (unpaired) electrons. The van der Waals surface area contributed by atoms with Crippen LogP contribution < -0.4 is 10.5 Å². The van der Waals surface area contributed by atoms with Gasteiger partial charge in [-0.2, -0.15) is 0 Å². The van der Waals surface area contributed by atoms with E-state index in [1.54, 1.807) is 0 Å². The number of halogens is 4. The molecule has 1 atom stereocenters. The van der Waals surface area contributed by atoms with Gasteiger partial charge in [0, 0.05) is 6.04 Å². The second-order valence-corrected chi connectivity index (χ2v) is 5.16. The van der Waals surface area contributed by atoms with E-state index >= 15 is 0 Å². The van der Waals surface area contributed by atoms with Crippen molar-refractivity contribution in [1.29, 1.82) is 0 Å². The molecular weight excluding hydrogens is 274 g/mol. The molecule has 0 heterocycles. The van der Waals surface area contributed by atoms with E-state index in [0.29, 0.717) is 5.56 Å². The second kappa shape index (κ2) is 5.99. The molecule has 1 aliphatic rings. The Balaban J connectivity index is 2.11. The van der Waals surface area contributed by atoms with E-state index < -0.39 is 17.9 Å². The molecule has 0 aromatic heterocycles. The highest BCUT2D eigenvalue weighted by Gasteiger charge is 2.32. The van der Waals surface area contributed by atoms with Crippen LogP contribution in [0.1, 0.15) is 43.7 Å². The third-order valence-corrected chi connectivity index (χ3v) is 3.72. The predicted octanol–water partition coefficient (Wildman–Crippen LogP) is 4.30. The van der Waals surface area contributed by atoms with Crippen molar-refractivity contribution in [3.05, 3.63) is 29.6 Å². The summed E-state index contributed by atoms with van der Waals surface area (Å²) in [7, 11) is 0. The third-order valence-electron chi connectivity index (χ3n) is 3.72. The quantitative estimate of drug-likeness (QED) is 0.842. The van der Waals surface area contributed by atoms with Crippen LogP contribution in [0.25, 0.3) is 0 Å². The lowest BCUT2D eigenvalue weighted by molar-refractivity contribution is -0.275. The lowest BCUT2D eigenvalue weighted by Crippen LogP contribution is -2.24. The van der Waals surface area contributed by atoms with Crippen LogP contribution in [0.5, 0.6) is 5.75 Å². The summed E-state index contributed by atoms with van der Waals surface area (Å²) in [4.78, 5) is 0. The molecule has 0 bridgehead atoms. The predicted molar refractivity (Wildman–Crippen MR) is 66.6 cm³/mol. The molecule has 2 nitrogen and oxygen atoms in total. The van der Waals surface area contributed by atoms with Crippen LogP contribution in [0, 0.1) is 11.7 Å². The topological polar surface area (TPSA) is 35.2 Å². The van der Waals surface area contributed by atoms with Gasteiger partial charge in [0.05, 0.1) is 0 Å². The van der Waals surface area contributed by atoms with E-state index in [4.69, 9.17) is 5.73 Å². The van der Waals surface area contributed by atoms with E-state index in [1.807, 2.05) is 0 Å². The van der Waals surface area contributed by atoms with Gasteiger partial charge in [0.25, 0.3) is 0 Å². The van der Waals surface area contributed by atoms with Crippen LogP contribution in [0.2, 0.25) is 0 Å². The van der Waals surface area contributed by atoms with Gasteiger partial charge in [-0.25, -0.2) is 4.39 Å². The number of hydrogen-bond donors (Lipinski definition) is 1. The molecule has 1 saturated carbocycles. The van der Waals surface area contributed by atoms with Gasteiger partial charge in [0.1, 0.15) is 0 Å². The lowest BCUT2D eigenvalue weighted by atomic mass is 9.81. The summed E-state index contributed by atoms with van der Waals surface area (Å²) in [5.41, 5.74) is 6.60. The first-order valence-electron chi connectivity index (χ1n) is 6.67. The van der Waals surface area contributed by atoms with E-state index in [2.05, 4.69) is 4.74 Å². The lowest BCUT2D eigenvalue weighted by Gasteiger charge is -2.28. The average Bonchev–Trinajstić information content (AvgIpc) is 2.40. The van der Waals surface area contributed by atoms with Gasteiger partial charge < -0.3 is 10.5 Å². The van der Waals surface area contributed by atoms with Crippen molar-refractivity contribution in [3.8, 4) is 5.75 Å². The number of rotatable bonds is 3. The van der Waals surface area contributed by atoms with Crippen LogP contribution in [0.3, 0.4) is 0 Å². The van der Waals surface area contributed by atoms with Crippen LogP contribution in [-0.4, -0.2) is 6.36 Å². The Hall–Kier alpha value is -1.30. The van der Waals surface area contributed by atoms with Gasteiger partial charge in [0.2, 0.25) is 0 Å². The fraction of sp³-hybridized carbons (Fsp3) is 0.571. The molecule has 0 amide bonds. The Morgan fingerprint density at radius 2 is 1.80 bits per heavy atom. The first-order chi connectivity index (χ1) is 9.37. The minimum absolute atomic E-state index is 0.262. The Morgan fingerprint density at radius 3 is 2.35 bits per heavy atom. The van der Waals surface area contributed by atoms with Crippen molar-refractivity contribution in [3.63, 3.8) is 0 Å². The summed E-state index contributed by atoms with van der Waals surface area (Å²) >= 11 is 0. The van der Waals surface area contributed by atoms with Crippen LogP contribution in [-0.2, 0) is 0 Å². The molecule has 20 heavy (non-hydrogen) atoms. The van der Waals surface area contributed by atoms with Crippen LogP contribution in [0.4, 0.5) is 17.6 Å². The van der Waals surface area contributed by atoms with E-state index in [1.165, 1.54) is 12.5 Å². The molecule has 6 heteroatoms. The smallest absolute Gasteiger partial charge is 0.403 e. The molecule has 112 valence electrons. The minimum Gasteiger partial charge on any atom is -0.403 e. The van der Waals surface area contributed by atoms with Gasteiger partial charge in [-0.15, -0.1) is 13.2 Å². The zero-order chi connectivity index (χ0) is 14.8. The Morgan fingerprint density at radius 1 is 1.15 bits per heavy atom. The highest BCUT2D eigenvalue weighted by atomic mass is 19.4. The summed E-state index contributed by atoms with van der Waals surface area (Å²) < 4.78 is 53.4. The standard InChI is InChI=1S/C14H17F4NO/c15-11-8-10(6-7-12(11)20-14(16,17)18)13(19)9-4-2-1-3-5-9/h6-9,13H,1-5,19H2/t13-/m0/s1. The molecule has 0 spiro atoms. The highest BCUT2D eigenvalue weighted by molar-refractivity contribution is 5.31. The maximum absolute atomic E-state index is 13.6. The van der Waals surface area contributed by atoms with Crippen molar-refractivity contribution >= 4 is 0 Å². The van der Waals surface area contributed by atoms with Gasteiger partial charge in [-0.1, -0.05) is 25.3 Å². The molecule has 2 N–H and O–H groups in total. The molecule has 0 unspecified atom stereocenters. The molecule has 1 fully saturated rings. The van der Waals surface area contributed by atoms with Crippen molar-refractivity contribution in [2.24, 2.45) is 11.7 Å². The SMILES string of the molecule is N[C@H](c1ccc(OC(F)(F)F)c(F)c1)C1CCCCC1. The molecule has 1 aromatic carbocycles. The van der Waals surface area contributed by atoms with Gasteiger partial charge in [-0.3, -0.25) is 0 Å². The van der Waals surface area contributed by atoms with Gasteiger partial charge >= 0.3 is 6.36 Å². The first-order valence-corrected chi connectivity index (χ1v) is 6.67. The first kappa shape index (κ1) is 15.1. The molecule has 0 aliphatic heterocycles. The normalized spacial score (nSPS) is 18.9. The van der Waals surface area contributed by atoms with E-state index in [0.717, 1.165) is 37.8 Å². The zero-order valence-electron chi connectivity index (χ0n) is 10.9. The summed E-state index contributed by atoms with van der Waals surface area (Å²) in [5, 5.41) is 0. The molecule has 1 aliphatic carbocycles. The van der Waals surface area contributed by atoms with Crippen molar-refractivity contribution < 1.29 is 22.3 Å². The Kier molecular flexibility index (Phi) is 4.52. The number of ether oxygens (including phenoxy) is 1. The van der Waals surface area contributed by atoms with E-state index in [-0.39, 0.29) is 12.0 Å². The van der Waals surface area contributed by atoms with E-state index in [9.17, 15) is 17.6 Å². The van der Waals surface area contributed by atoms with Crippen LogP contribution >= 0.6 is 0 Å². The highest BCUT2D eigenvalue weighted by Crippen LogP contribution is 2.34. The summed E-state index contributed by atoms with van der Waals surface area (Å²) in [6, 6.07) is 3.09. The Bertz CT molecular complexity index is 455. The van der Waals surface area contributed by atoms with Crippen molar-refractivity contribution in [1.82, 2.24) is 0 Å². The number of benzene rings is 1. The van der Waals surface area contributed by atoms with Gasteiger partial charge in [0.15, 0.2) is 11.6 Å². The maximum atomic E-state index is 13.6. The minimum atomic E-state index is -4.89. The number of alkyl halides is 3. The van der Waals surface area contributed by atoms with Crippen molar-refractivity contribution in [2.75, 3.05) is 0 Å². The molecule has 1 aromatic rings. The monoisotopic (exact) mass is 291 g/mol. The largest absolute Gasteiger partial charge is 0.573 e. The molecular formula is C14H17F4NO. The number of hydrogen-bond acceptors (Lipinski definition) is 2. The van der Waals surface area contributed by atoms with Crippen molar-refractivity contribution in [2.45, 2.75) is 44.5 Å². The Labute approximate surface area is 114 Å². The summed E-state index contributed by atoms with van der Waals surface area (Å²) in [6.45, 7) is 0. The maximum Gasteiger partial charge on any atom is 0.573 e. The summed E-state index contributed by atoms with van der Waals surface area (Å²) in [5.74, 6) is -1.60. The zero-order valence-corrected chi connectivity index (χ0v) is 10.9. The van der Waals surface area contributed by atoms with Gasteiger partial charge in [-0.05, 0) is 36.5 Å². The fourth-order valence-electron chi connectivity index (χ4n) is 2.70. The van der Waals surface area contributed by atoms with Crippen LogP contribution in [0.15, 0.2) is 18.2 Å². The number of nitrogens with two attached hydrogens (primary N) is 1. The summed E-state index contributed by atoms with van der Waals surface area (Å²) in [6.07, 6.45) is 0.420. The second-order valence-electron chi connectivity index (χ2n) is 5.16. The third kappa shape index (κ3) is 3.85. The average molecular weight is 291 g/mol. The fourth-order valence-corrected chi connectivity index (χ4v) is 2.70. The molecule has 2 rings (SSSR count).